The lowest BCUT2D eigenvalue weighted by Crippen LogP contribution is -2.42. The number of ether oxygens (including phenoxy) is 1. The lowest BCUT2D eigenvalue weighted by atomic mass is 10.0. The zero-order chi connectivity index (χ0) is 8.27. The Bertz CT molecular complexity index is 108. The maximum Gasteiger partial charge on any atom is 0.0992 e. The summed E-state index contributed by atoms with van der Waals surface area (Å²) >= 11 is 0. The molecule has 0 aromatic rings. The Hall–Kier alpha value is -0.0800. The van der Waals surface area contributed by atoms with Crippen LogP contribution >= 0.6 is 0 Å². The van der Waals surface area contributed by atoms with E-state index in [2.05, 4.69) is 25.7 Å². The zero-order valence-electron chi connectivity index (χ0n) is 7.84. The van der Waals surface area contributed by atoms with Crippen LogP contribution in [0.15, 0.2) is 0 Å². The first-order valence-corrected chi connectivity index (χ1v) is 4.53. The van der Waals surface area contributed by atoms with Crippen LogP contribution in [-0.2, 0) is 4.74 Å². The Morgan fingerprint density at radius 2 is 2.00 bits per heavy atom. The van der Waals surface area contributed by atoms with Gasteiger partial charge in [0, 0.05) is 19.2 Å². The maximum atomic E-state index is 5.38. The minimum atomic E-state index is 0.662. The molecule has 1 unspecified atom stereocenters. The summed E-state index contributed by atoms with van der Waals surface area (Å²) in [6, 6.07) is 0.662. The van der Waals surface area contributed by atoms with Crippen molar-refractivity contribution in [3.63, 3.8) is 0 Å². The van der Waals surface area contributed by atoms with Crippen molar-refractivity contribution in [2.45, 2.75) is 33.2 Å². The molecule has 1 heterocycles. The van der Waals surface area contributed by atoms with Crippen LogP contribution in [-0.4, -0.2) is 30.8 Å². The lowest BCUT2D eigenvalue weighted by Gasteiger charge is -2.34. The molecule has 0 aliphatic carbocycles. The van der Waals surface area contributed by atoms with Crippen LogP contribution in [0.5, 0.6) is 0 Å². The zero-order valence-corrected chi connectivity index (χ0v) is 7.84. The SMILES string of the molecule is CC(C)C(C)N1CCCOC1. The molecule has 11 heavy (non-hydrogen) atoms. The van der Waals surface area contributed by atoms with Crippen LogP contribution in [0.4, 0.5) is 0 Å². The molecule has 0 spiro atoms. The van der Waals surface area contributed by atoms with E-state index in [1.165, 1.54) is 13.0 Å². The summed E-state index contributed by atoms with van der Waals surface area (Å²) < 4.78 is 5.38. The Morgan fingerprint density at radius 3 is 2.45 bits per heavy atom. The molecule has 2 heteroatoms. The van der Waals surface area contributed by atoms with Gasteiger partial charge in [-0.15, -0.1) is 0 Å². The fourth-order valence-corrected chi connectivity index (χ4v) is 1.36. The fourth-order valence-electron chi connectivity index (χ4n) is 1.36. The van der Waals surface area contributed by atoms with Crippen molar-refractivity contribution in [3.8, 4) is 0 Å². The molecule has 0 bridgehead atoms. The molecule has 0 aromatic carbocycles. The van der Waals surface area contributed by atoms with Crippen molar-refractivity contribution in [3.05, 3.63) is 0 Å². The molecule has 0 aromatic heterocycles. The largest absolute Gasteiger partial charge is 0.366 e. The molecule has 0 saturated carbocycles. The maximum absolute atomic E-state index is 5.38. The summed E-state index contributed by atoms with van der Waals surface area (Å²) in [7, 11) is 0. The van der Waals surface area contributed by atoms with Crippen LogP contribution in [0.3, 0.4) is 0 Å². The first-order chi connectivity index (χ1) is 5.22. The average Bonchev–Trinajstić information content (AvgIpc) is 2.05. The first-order valence-electron chi connectivity index (χ1n) is 4.53. The standard InChI is InChI=1S/C9H19NO/c1-8(2)9(3)10-5-4-6-11-7-10/h8-9H,4-7H2,1-3H3. The van der Waals surface area contributed by atoms with Gasteiger partial charge >= 0.3 is 0 Å². The number of nitrogens with zero attached hydrogens (tertiary/aromatic N) is 1. The topological polar surface area (TPSA) is 12.5 Å². The van der Waals surface area contributed by atoms with Crippen LogP contribution in [0.2, 0.25) is 0 Å². The van der Waals surface area contributed by atoms with E-state index in [1.807, 2.05) is 0 Å². The summed E-state index contributed by atoms with van der Waals surface area (Å²) in [6.07, 6.45) is 1.19. The van der Waals surface area contributed by atoms with Gasteiger partial charge in [0.15, 0.2) is 0 Å². The summed E-state index contributed by atoms with van der Waals surface area (Å²) in [4.78, 5) is 2.41. The Morgan fingerprint density at radius 1 is 1.27 bits per heavy atom. The number of hydrogen-bond donors (Lipinski definition) is 0. The van der Waals surface area contributed by atoms with Crippen molar-refractivity contribution in [2.75, 3.05) is 19.9 Å². The summed E-state index contributed by atoms with van der Waals surface area (Å²) in [5, 5.41) is 0. The second-order valence-electron chi connectivity index (χ2n) is 3.69. The highest BCUT2D eigenvalue weighted by atomic mass is 16.5. The Balaban J connectivity index is 2.32. The van der Waals surface area contributed by atoms with Gasteiger partial charge in [0.1, 0.15) is 0 Å². The summed E-state index contributed by atoms with van der Waals surface area (Å²) in [5.41, 5.74) is 0. The van der Waals surface area contributed by atoms with Gasteiger partial charge in [0.25, 0.3) is 0 Å². The van der Waals surface area contributed by atoms with Gasteiger partial charge < -0.3 is 4.74 Å². The van der Waals surface area contributed by atoms with E-state index in [-0.39, 0.29) is 0 Å². The normalized spacial score (nSPS) is 24.0. The van der Waals surface area contributed by atoms with E-state index in [4.69, 9.17) is 4.74 Å². The average molecular weight is 157 g/mol. The summed E-state index contributed by atoms with van der Waals surface area (Å²) in [6.45, 7) is 9.79. The molecule has 0 radical (unpaired) electrons. The molecule has 1 fully saturated rings. The van der Waals surface area contributed by atoms with E-state index in [9.17, 15) is 0 Å². The van der Waals surface area contributed by atoms with Crippen molar-refractivity contribution in [2.24, 2.45) is 5.92 Å². The minimum absolute atomic E-state index is 0.662. The Labute approximate surface area is 69.5 Å². The molecular weight excluding hydrogens is 138 g/mol. The van der Waals surface area contributed by atoms with Gasteiger partial charge in [-0.1, -0.05) is 13.8 Å². The highest BCUT2D eigenvalue weighted by molar-refractivity contribution is 4.69. The van der Waals surface area contributed by atoms with E-state index >= 15 is 0 Å². The first kappa shape index (κ1) is 9.01. The molecule has 0 amide bonds. The van der Waals surface area contributed by atoms with Gasteiger partial charge in [0.05, 0.1) is 6.73 Å². The van der Waals surface area contributed by atoms with E-state index < -0.39 is 0 Å². The highest BCUT2D eigenvalue weighted by Gasteiger charge is 2.18. The smallest absolute Gasteiger partial charge is 0.0992 e. The van der Waals surface area contributed by atoms with Crippen LogP contribution in [0, 0.1) is 5.92 Å². The van der Waals surface area contributed by atoms with Crippen LogP contribution in [0.1, 0.15) is 27.2 Å². The van der Waals surface area contributed by atoms with Crippen LogP contribution < -0.4 is 0 Å². The quantitative estimate of drug-likeness (QED) is 0.605. The molecule has 1 aliphatic heterocycles. The number of hydrogen-bond acceptors (Lipinski definition) is 2. The third-order valence-electron chi connectivity index (χ3n) is 2.53. The third-order valence-corrected chi connectivity index (χ3v) is 2.53. The molecule has 66 valence electrons. The molecule has 1 atom stereocenters. The van der Waals surface area contributed by atoms with E-state index in [0.29, 0.717) is 6.04 Å². The molecule has 1 aliphatic rings. The molecule has 1 saturated heterocycles. The summed E-state index contributed by atoms with van der Waals surface area (Å²) in [5.74, 6) is 0.733. The number of rotatable bonds is 2. The van der Waals surface area contributed by atoms with Crippen molar-refractivity contribution < 1.29 is 4.74 Å². The van der Waals surface area contributed by atoms with Crippen molar-refractivity contribution in [1.82, 2.24) is 4.90 Å². The monoisotopic (exact) mass is 157 g/mol. The lowest BCUT2D eigenvalue weighted by molar-refractivity contribution is -0.0409. The van der Waals surface area contributed by atoms with E-state index in [0.717, 1.165) is 19.3 Å². The second-order valence-corrected chi connectivity index (χ2v) is 3.69. The van der Waals surface area contributed by atoms with Crippen molar-refractivity contribution >= 4 is 0 Å². The molecular formula is C9H19NO. The highest BCUT2D eigenvalue weighted by Crippen LogP contribution is 2.12. The van der Waals surface area contributed by atoms with Gasteiger partial charge in [0.2, 0.25) is 0 Å². The third kappa shape index (κ3) is 2.46. The van der Waals surface area contributed by atoms with Gasteiger partial charge in [-0.3, -0.25) is 4.90 Å². The molecule has 0 N–H and O–H groups in total. The van der Waals surface area contributed by atoms with Crippen LogP contribution in [0.25, 0.3) is 0 Å². The van der Waals surface area contributed by atoms with Gasteiger partial charge in [-0.25, -0.2) is 0 Å². The molecule has 1 rings (SSSR count). The minimum Gasteiger partial charge on any atom is -0.366 e. The molecule has 2 nitrogen and oxygen atoms in total. The Kier molecular flexibility index (Phi) is 3.34. The van der Waals surface area contributed by atoms with Gasteiger partial charge in [-0.2, -0.15) is 0 Å². The fraction of sp³-hybridized carbons (Fsp3) is 1.00. The predicted molar refractivity (Wildman–Crippen MR) is 46.4 cm³/mol. The predicted octanol–water partition coefficient (Wildman–Crippen LogP) is 1.71. The second kappa shape index (κ2) is 4.07. The van der Waals surface area contributed by atoms with E-state index in [1.54, 1.807) is 0 Å². The van der Waals surface area contributed by atoms with Crippen molar-refractivity contribution in [1.29, 1.82) is 0 Å². The van der Waals surface area contributed by atoms with Gasteiger partial charge in [-0.05, 0) is 19.3 Å².